The van der Waals surface area contributed by atoms with Crippen LogP contribution in [0.15, 0.2) is 48.2 Å². The Morgan fingerprint density at radius 1 is 0.963 bits per heavy atom. The van der Waals surface area contributed by atoms with Gasteiger partial charge in [-0.1, -0.05) is 49.6 Å². The van der Waals surface area contributed by atoms with Crippen molar-refractivity contribution in [3.8, 4) is 16.9 Å². The van der Waals surface area contributed by atoms with Gasteiger partial charge in [0.25, 0.3) is 0 Å². The second kappa shape index (κ2) is 6.88. The van der Waals surface area contributed by atoms with Crippen molar-refractivity contribution in [2.75, 3.05) is 7.11 Å². The van der Waals surface area contributed by atoms with E-state index < -0.39 is 0 Å². The van der Waals surface area contributed by atoms with Gasteiger partial charge in [-0.25, -0.2) is 0 Å². The summed E-state index contributed by atoms with van der Waals surface area (Å²) in [6.45, 7) is 2.02. The van der Waals surface area contributed by atoms with Crippen LogP contribution in [0.5, 0.6) is 5.75 Å². The van der Waals surface area contributed by atoms with Crippen LogP contribution in [0.4, 0.5) is 0 Å². The number of methoxy groups -OCH3 is 1. The summed E-state index contributed by atoms with van der Waals surface area (Å²) in [5, 5.41) is 11.0. The van der Waals surface area contributed by atoms with Gasteiger partial charge in [-0.05, 0) is 54.2 Å². The van der Waals surface area contributed by atoms with E-state index in [1.807, 2.05) is 43.3 Å². The molecule has 1 N–H and O–H groups in total. The normalized spacial score (nSPS) is 19.0. The molecule has 1 saturated carbocycles. The summed E-state index contributed by atoms with van der Waals surface area (Å²) in [7, 11) is 1.66. The SMILES string of the molecule is COc1ccc(-c2ccc(C3=C(O)C4(CCCCC4)CC3=O)c(C)c2)cc1. The van der Waals surface area contributed by atoms with Gasteiger partial charge in [0.15, 0.2) is 5.78 Å². The lowest BCUT2D eigenvalue weighted by atomic mass is 9.72. The van der Waals surface area contributed by atoms with Crippen LogP contribution >= 0.6 is 0 Å². The number of benzene rings is 2. The highest BCUT2D eigenvalue weighted by atomic mass is 16.5. The lowest BCUT2D eigenvalue weighted by Crippen LogP contribution is -2.24. The predicted octanol–water partition coefficient (Wildman–Crippen LogP) is 5.86. The molecule has 140 valence electrons. The Labute approximate surface area is 160 Å². The van der Waals surface area contributed by atoms with Crippen molar-refractivity contribution in [1.82, 2.24) is 0 Å². The second-order valence-electron chi connectivity index (χ2n) is 7.92. The quantitative estimate of drug-likeness (QED) is 0.743. The fraction of sp³-hybridized carbons (Fsp3) is 0.375. The topological polar surface area (TPSA) is 46.5 Å². The number of hydrogen-bond donors (Lipinski definition) is 1. The second-order valence-corrected chi connectivity index (χ2v) is 7.92. The highest BCUT2D eigenvalue weighted by Gasteiger charge is 2.46. The molecule has 1 spiro atoms. The van der Waals surface area contributed by atoms with Gasteiger partial charge < -0.3 is 9.84 Å². The Hall–Kier alpha value is -2.55. The summed E-state index contributed by atoms with van der Waals surface area (Å²) in [5.74, 6) is 1.26. The molecule has 0 bridgehead atoms. The average Bonchev–Trinajstić information content (AvgIpc) is 2.92. The maximum absolute atomic E-state index is 12.8. The highest BCUT2D eigenvalue weighted by molar-refractivity contribution is 6.24. The third-order valence-corrected chi connectivity index (χ3v) is 6.25. The molecule has 2 aromatic carbocycles. The predicted molar refractivity (Wildman–Crippen MR) is 108 cm³/mol. The van der Waals surface area contributed by atoms with E-state index in [0.29, 0.717) is 17.8 Å². The van der Waals surface area contributed by atoms with Crippen LogP contribution in [0.2, 0.25) is 0 Å². The molecule has 3 nitrogen and oxygen atoms in total. The number of allylic oxidation sites excluding steroid dienone is 2. The molecule has 0 saturated heterocycles. The lowest BCUT2D eigenvalue weighted by Gasteiger charge is -2.32. The van der Waals surface area contributed by atoms with E-state index in [4.69, 9.17) is 4.74 Å². The van der Waals surface area contributed by atoms with Crippen molar-refractivity contribution >= 4 is 11.4 Å². The zero-order valence-corrected chi connectivity index (χ0v) is 16.0. The van der Waals surface area contributed by atoms with Crippen molar-refractivity contribution in [2.45, 2.75) is 45.4 Å². The molecule has 0 radical (unpaired) electrons. The number of aliphatic hydroxyl groups is 1. The highest BCUT2D eigenvalue weighted by Crippen LogP contribution is 2.52. The minimum Gasteiger partial charge on any atom is -0.511 e. The molecule has 0 aliphatic heterocycles. The molecule has 4 rings (SSSR count). The largest absolute Gasteiger partial charge is 0.511 e. The number of ketones is 1. The Balaban J connectivity index is 1.70. The molecule has 2 aliphatic rings. The van der Waals surface area contributed by atoms with E-state index in [0.717, 1.165) is 53.7 Å². The van der Waals surface area contributed by atoms with Crippen LogP contribution in [-0.2, 0) is 4.79 Å². The van der Waals surface area contributed by atoms with Crippen molar-refractivity contribution in [3.63, 3.8) is 0 Å². The number of rotatable bonds is 3. The summed E-state index contributed by atoms with van der Waals surface area (Å²) >= 11 is 0. The van der Waals surface area contributed by atoms with Gasteiger partial charge in [0.2, 0.25) is 0 Å². The fourth-order valence-corrected chi connectivity index (χ4v) is 4.70. The average molecular weight is 362 g/mol. The molecular formula is C24H26O3. The molecule has 0 unspecified atom stereocenters. The molecule has 0 aromatic heterocycles. The number of carbonyl (C=O) groups is 1. The lowest BCUT2D eigenvalue weighted by molar-refractivity contribution is -0.114. The first-order valence-corrected chi connectivity index (χ1v) is 9.76. The van der Waals surface area contributed by atoms with Crippen LogP contribution < -0.4 is 4.74 Å². The first-order chi connectivity index (χ1) is 13.0. The number of ether oxygens (including phenoxy) is 1. The monoisotopic (exact) mass is 362 g/mol. The molecule has 2 aliphatic carbocycles. The number of carbonyl (C=O) groups excluding carboxylic acids is 1. The third kappa shape index (κ3) is 3.05. The minimum absolute atomic E-state index is 0.0923. The van der Waals surface area contributed by atoms with Crippen molar-refractivity contribution in [3.05, 3.63) is 59.4 Å². The number of aliphatic hydroxyl groups excluding tert-OH is 1. The summed E-state index contributed by atoms with van der Waals surface area (Å²) in [5.41, 5.74) is 4.34. The molecule has 0 atom stereocenters. The van der Waals surface area contributed by atoms with Crippen LogP contribution in [0.25, 0.3) is 16.7 Å². The van der Waals surface area contributed by atoms with E-state index in [-0.39, 0.29) is 11.2 Å². The summed E-state index contributed by atoms with van der Waals surface area (Å²) in [6.07, 6.45) is 5.72. The zero-order valence-electron chi connectivity index (χ0n) is 16.0. The van der Waals surface area contributed by atoms with E-state index in [1.54, 1.807) is 7.11 Å². The molecule has 0 amide bonds. The summed E-state index contributed by atoms with van der Waals surface area (Å²) in [6, 6.07) is 14.1. The zero-order chi connectivity index (χ0) is 19.0. The maximum Gasteiger partial charge on any atom is 0.167 e. The molecule has 2 aromatic rings. The molecule has 3 heteroatoms. The maximum atomic E-state index is 12.8. The third-order valence-electron chi connectivity index (χ3n) is 6.25. The van der Waals surface area contributed by atoms with Gasteiger partial charge in [0, 0.05) is 11.8 Å². The molecular weight excluding hydrogens is 336 g/mol. The van der Waals surface area contributed by atoms with Gasteiger partial charge >= 0.3 is 0 Å². The number of hydrogen-bond acceptors (Lipinski definition) is 3. The summed E-state index contributed by atoms with van der Waals surface area (Å²) < 4.78 is 5.22. The van der Waals surface area contributed by atoms with Crippen LogP contribution in [0.3, 0.4) is 0 Å². The van der Waals surface area contributed by atoms with Crippen molar-refractivity contribution in [2.24, 2.45) is 5.41 Å². The van der Waals surface area contributed by atoms with Crippen molar-refractivity contribution < 1.29 is 14.6 Å². The summed E-state index contributed by atoms with van der Waals surface area (Å²) in [4.78, 5) is 12.8. The van der Waals surface area contributed by atoms with Gasteiger partial charge in [-0.3, -0.25) is 4.79 Å². The van der Waals surface area contributed by atoms with Crippen LogP contribution in [0.1, 0.15) is 49.7 Å². The Morgan fingerprint density at radius 2 is 1.63 bits per heavy atom. The molecule has 1 fully saturated rings. The van der Waals surface area contributed by atoms with Crippen LogP contribution in [0, 0.1) is 12.3 Å². The van der Waals surface area contributed by atoms with Gasteiger partial charge in [-0.15, -0.1) is 0 Å². The minimum atomic E-state index is -0.300. The Kier molecular flexibility index (Phi) is 4.55. The van der Waals surface area contributed by atoms with Gasteiger partial charge in [0.05, 0.1) is 12.7 Å². The van der Waals surface area contributed by atoms with E-state index >= 15 is 0 Å². The molecule has 27 heavy (non-hydrogen) atoms. The first kappa shape index (κ1) is 17.8. The Morgan fingerprint density at radius 3 is 2.26 bits per heavy atom. The standard InChI is InChI=1S/C24H26O3/c1-16-14-18(17-6-9-19(27-2)10-7-17)8-11-20(16)22-21(25)15-24(23(22)26)12-4-3-5-13-24/h6-11,14,26H,3-5,12-13,15H2,1-2H3. The van der Waals surface area contributed by atoms with Crippen molar-refractivity contribution in [1.29, 1.82) is 0 Å². The van der Waals surface area contributed by atoms with Crippen LogP contribution in [-0.4, -0.2) is 18.0 Å². The van der Waals surface area contributed by atoms with E-state index in [2.05, 4.69) is 6.07 Å². The fourth-order valence-electron chi connectivity index (χ4n) is 4.70. The van der Waals surface area contributed by atoms with E-state index in [9.17, 15) is 9.90 Å². The smallest absolute Gasteiger partial charge is 0.167 e. The number of aryl methyl sites for hydroxylation is 1. The van der Waals surface area contributed by atoms with Gasteiger partial charge in [0.1, 0.15) is 11.5 Å². The van der Waals surface area contributed by atoms with Gasteiger partial charge in [-0.2, -0.15) is 0 Å². The number of Topliss-reactive ketones (excluding diaryl/α,β-unsaturated/α-hetero) is 1. The Bertz CT molecular complexity index is 900. The molecule has 0 heterocycles. The van der Waals surface area contributed by atoms with E-state index in [1.165, 1.54) is 6.42 Å². The first-order valence-electron chi connectivity index (χ1n) is 9.76.